The largest absolute Gasteiger partial charge is 0.461 e. The monoisotopic (exact) mass is 267 g/mol. The second-order valence-electron chi connectivity index (χ2n) is 4.56. The van der Waals surface area contributed by atoms with Crippen molar-refractivity contribution in [3.8, 4) is 0 Å². The molecule has 0 bridgehead atoms. The van der Waals surface area contributed by atoms with Crippen molar-refractivity contribution in [2.24, 2.45) is 0 Å². The summed E-state index contributed by atoms with van der Waals surface area (Å²) in [5, 5.41) is 4.33. The number of nitrogens with zero attached hydrogens (tertiary/aromatic N) is 2. The van der Waals surface area contributed by atoms with Gasteiger partial charge in [0.1, 0.15) is 5.82 Å². The fourth-order valence-corrected chi connectivity index (χ4v) is 2.01. The average Bonchev–Trinajstić information content (AvgIpc) is 3.17. The Morgan fingerprint density at radius 1 is 1.42 bits per heavy atom. The molecule has 1 aromatic heterocycles. The van der Waals surface area contributed by atoms with Crippen LogP contribution >= 0.6 is 0 Å². The molecular weight excluding hydrogens is 246 g/mol. The summed E-state index contributed by atoms with van der Waals surface area (Å²) >= 11 is 0. The molecule has 0 saturated heterocycles. The second kappa shape index (κ2) is 6.06. The highest BCUT2D eigenvalue weighted by atomic mass is 16.5. The van der Waals surface area contributed by atoms with Gasteiger partial charge in [-0.25, -0.2) is 9.48 Å². The van der Waals surface area contributed by atoms with E-state index in [1.165, 1.54) is 0 Å². The number of aromatic nitrogens is 2. The molecule has 1 aromatic rings. The number of rotatable bonds is 7. The number of esters is 1. The first-order chi connectivity index (χ1) is 9.19. The van der Waals surface area contributed by atoms with Crippen LogP contribution in [0.15, 0.2) is 0 Å². The van der Waals surface area contributed by atoms with Gasteiger partial charge in [-0.15, -0.1) is 0 Å². The summed E-state index contributed by atoms with van der Waals surface area (Å²) in [7, 11) is 0. The Labute approximate surface area is 112 Å². The molecule has 1 aliphatic carbocycles. The quantitative estimate of drug-likeness (QED) is 0.599. The van der Waals surface area contributed by atoms with Crippen molar-refractivity contribution in [2.75, 3.05) is 25.6 Å². The molecule has 1 fully saturated rings. The molecule has 6 nitrogen and oxygen atoms in total. The van der Waals surface area contributed by atoms with Crippen LogP contribution in [0.5, 0.6) is 0 Å². The van der Waals surface area contributed by atoms with Crippen LogP contribution in [0.2, 0.25) is 0 Å². The molecule has 1 heterocycles. The third-order valence-electron chi connectivity index (χ3n) is 3.11. The van der Waals surface area contributed by atoms with Gasteiger partial charge in [0, 0.05) is 18.6 Å². The maximum atomic E-state index is 11.9. The van der Waals surface area contributed by atoms with E-state index < -0.39 is 5.97 Å². The molecule has 0 aromatic carbocycles. The van der Waals surface area contributed by atoms with Crippen molar-refractivity contribution >= 4 is 11.8 Å². The Bertz CT molecular complexity index is 452. The second-order valence-corrected chi connectivity index (χ2v) is 4.56. The summed E-state index contributed by atoms with van der Waals surface area (Å²) in [6.45, 7) is 5.22. The lowest BCUT2D eigenvalue weighted by molar-refractivity contribution is 0.0516. The zero-order valence-electron chi connectivity index (χ0n) is 11.5. The van der Waals surface area contributed by atoms with E-state index in [-0.39, 0.29) is 0 Å². The van der Waals surface area contributed by atoms with Gasteiger partial charge in [-0.2, -0.15) is 5.10 Å². The van der Waals surface area contributed by atoms with E-state index in [9.17, 15) is 4.79 Å². The highest BCUT2D eigenvalue weighted by molar-refractivity contribution is 5.90. The van der Waals surface area contributed by atoms with E-state index in [2.05, 4.69) is 5.10 Å². The molecule has 0 aliphatic heterocycles. The summed E-state index contributed by atoms with van der Waals surface area (Å²) in [6, 6.07) is 0.342. The minimum Gasteiger partial charge on any atom is -0.461 e. The van der Waals surface area contributed by atoms with E-state index in [0.29, 0.717) is 43.8 Å². The Morgan fingerprint density at radius 3 is 2.74 bits per heavy atom. The average molecular weight is 267 g/mol. The van der Waals surface area contributed by atoms with Crippen LogP contribution in [0.3, 0.4) is 0 Å². The van der Waals surface area contributed by atoms with Gasteiger partial charge in [-0.1, -0.05) is 0 Å². The van der Waals surface area contributed by atoms with Gasteiger partial charge in [0.2, 0.25) is 0 Å². The number of hydrogen-bond donors (Lipinski definition) is 1. The maximum Gasteiger partial charge on any atom is 0.359 e. The molecule has 0 unspecified atom stereocenters. The summed E-state index contributed by atoms with van der Waals surface area (Å²) in [4.78, 5) is 11.9. The molecule has 0 spiro atoms. The van der Waals surface area contributed by atoms with Gasteiger partial charge in [-0.3, -0.25) is 0 Å². The summed E-state index contributed by atoms with van der Waals surface area (Å²) in [6.07, 6.45) is 2.72. The molecule has 6 heteroatoms. The van der Waals surface area contributed by atoms with Gasteiger partial charge in [0.05, 0.1) is 19.3 Å². The molecule has 1 aliphatic rings. The summed E-state index contributed by atoms with van der Waals surface area (Å²) < 4.78 is 12.1. The van der Waals surface area contributed by atoms with Crippen LogP contribution in [-0.2, 0) is 15.9 Å². The summed E-state index contributed by atoms with van der Waals surface area (Å²) in [5.41, 5.74) is 7.19. The zero-order chi connectivity index (χ0) is 13.8. The molecule has 0 radical (unpaired) electrons. The molecule has 0 atom stereocenters. The fourth-order valence-electron chi connectivity index (χ4n) is 2.01. The molecule has 1 saturated carbocycles. The van der Waals surface area contributed by atoms with Gasteiger partial charge in [0.15, 0.2) is 5.69 Å². The lowest BCUT2D eigenvalue weighted by Crippen LogP contribution is -2.10. The number of hydrogen-bond acceptors (Lipinski definition) is 5. The van der Waals surface area contributed by atoms with Crippen molar-refractivity contribution in [1.29, 1.82) is 0 Å². The Morgan fingerprint density at radius 2 is 2.16 bits per heavy atom. The standard InChI is InChI=1S/C13H21N3O3/c1-3-18-8-7-10-11(13(17)19-4-2)15-16(12(10)14)9-5-6-9/h9H,3-8,14H2,1-2H3. The third kappa shape index (κ3) is 3.07. The van der Waals surface area contributed by atoms with Crippen LogP contribution in [-0.4, -0.2) is 35.6 Å². The van der Waals surface area contributed by atoms with Crippen LogP contribution in [0.25, 0.3) is 0 Å². The van der Waals surface area contributed by atoms with E-state index >= 15 is 0 Å². The van der Waals surface area contributed by atoms with Gasteiger partial charge < -0.3 is 15.2 Å². The third-order valence-corrected chi connectivity index (χ3v) is 3.11. The Balaban J connectivity index is 2.22. The SMILES string of the molecule is CCOCCc1c(C(=O)OCC)nn(C2CC2)c1N. The fraction of sp³-hybridized carbons (Fsp3) is 0.692. The first-order valence-corrected chi connectivity index (χ1v) is 6.80. The van der Waals surface area contributed by atoms with Crippen LogP contribution in [0.4, 0.5) is 5.82 Å². The number of carbonyl (C=O) groups is 1. The van der Waals surface area contributed by atoms with E-state index in [4.69, 9.17) is 15.2 Å². The molecule has 0 amide bonds. The van der Waals surface area contributed by atoms with E-state index in [1.54, 1.807) is 11.6 Å². The lowest BCUT2D eigenvalue weighted by Gasteiger charge is -2.04. The molecule has 2 N–H and O–H groups in total. The highest BCUT2D eigenvalue weighted by Crippen LogP contribution is 2.37. The van der Waals surface area contributed by atoms with E-state index in [1.807, 2.05) is 6.92 Å². The number of nitrogens with two attached hydrogens (primary N) is 1. The van der Waals surface area contributed by atoms with Gasteiger partial charge in [-0.05, 0) is 26.7 Å². The number of ether oxygens (including phenoxy) is 2. The van der Waals surface area contributed by atoms with Crippen molar-refractivity contribution in [2.45, 2.75) is 39.2 Å². The normalized spacial score (nSPS) is 14.6. The maximum absolute atomic E-state index is 11.9. The van der Waals surface area contributed by atoms with Crippen molar-refractivity contribution in [3.05, 3.63) is 11.3 Å². The molecule has 106 valence electrons. The van der Waals surface area contributed by atoms with E-state index in [0.717, 1.165) is 18.4 Å². The number of anilines is 1. The minimum atomic E-state index is -0.403. The Hall–Kier alpha value is -1.56. The van der Waals surface area contributed by atoms with Crippen LogP contribution < -0.4 is 5.73 Å². The number of nitrogen functional groups attached to an aromatic ring is 1. The Kier molecular flexibility index (Phi) is 4.42. The molecular formula is C13H21N3O3. The van der Waals surface area contributed by atoms with Crippen LogP contribution in [0.1, 0.15) is 48.8 Å². The van der Waals surface area contributed by atoms with Gasteiger partial charge in [0.25, 0.3) is 0 Å². The zero-order valence-corrected chi connectivity index (χ0v) is 11.5. The smallest absolute Gasteiger partial charge is 0.359 e. The van der Waals surface area contributed by atoms with Crippen molar-refractivity contribution in [3.63, 3.8) is 0 Å². The van der Waals surface area contributed by atoms with Crippen molar-refractivity contribution in [1.82, 2.24) is 9.78 Å². The highest BCUT2D eigenvalue weighted by Gasteiger charge is 2.31. The predicted octanol–water partition coefficient (Wildman–Crippen LogP) is 1.56. The van der Waals surface area contributed by atoms with Gasteiger partial charge >= 0.3 is 5.97 Å². The van der Waals surface area contributed by atoms with Crippen LogP contribution in [0, 0.1) is 0 Å². The predicted molar refractivity (Wildman–Crippen MR) is 71.1 cm³/mol. The first kappa shape index (κ1) is 13.9. The number of carbonyl (C=O) groups excluding carboxylic acids is 1. The molecule has 2 rings (SSSR count). The first-order valence-electron chi connectivity index (χ1n) is 6.80. The topological polar surface area (TPSA) is 79.4 Å². The summed E-state index contributed by atoms with van der Waals surface area (Å²) in [5.74, 6) is 0.172. The lowest BCUT2D eigenvalue weighted by atomic mass is 10.1. The minimum absolute atomic E-state index is 0.333. The molecule has 19 heavy (non-hydrogen) atoms. The van der Waals surface area contributed by atoms with Crippen molar-refractivity contribution < 1.29 is 14.3 Å².